The molecular weight excluding hydrogens is 408 g/mol. The van der Waals surface area contributed by atoms with Gasteiger partial charge in [0.15, 0.2) is 0 Å². The number of ether oxygens (including phenoxy) is 2. The maximum atomic E-state index is 13.4. The third kappa shape index (κ3) is 3.82. The number of hydrogen-bond donors (Lipinski definition) is 1. The zero-order valence-electron chi connectivity index (χ0n) is 18.7. The van der Waals surface area contributed by atoms with Gasteiger partial charge in [-0.05, 0) is 56.2 Å². The average Bonchev–Trinajstić information content (AvgIpc) is 3.23. The van der Waals surface area contributed by atoms with Crippen LogP contribution in [0.4, 0.5) is 0 Å². The molecule has 8 heteroatoms. The predicted molar refractivity (Wildman–Crippen MR) is 122 cm³/mol. The summed E-state index contributed by atoms with van der Waals surface area (Å²) >= 11 is 0. The Morgan fingerprint density at radius 1 is 1.19 bits per heavy atom. The van der Waals surface area contributed by atoms with E-state index in [1.807, 2.05) is 28.6 Å². The van der Waals surface area contributed by atoms with E-state index in [9.17, 15) is 9.59 Å². The molecule has 2 aliphatic rings. The van der Waals surface area contributed by atoms with Crippen LogP contribution in [-0.4, -0.2) is 65.1 Å². The van der Waals surface area contributed by atoms with Crippen LogP contribution < -0.4 is 5.56 Å². The van der Waals surface area contributed by atoms with Crippen LogP contribution in [0.15, 0.2) is 23.1 Å². The van der Waals surface area contributed by atoms with Crippen LogP contribution in [0.5, 0.6) is 0 Å². The molecule has 2 saturated heterocycles. The number of fused-ring (bicyclic) bond motifs is 3. The van der Waals surface area contributed by atoms with Crippen molar-refractivity contribution >= 4 is 27.7 Å². The van der Waals surface area contributed by atoms with E-state index in [4.69, 9.17) is 9.47 Å². The van der Waals surface area contributed by atoms with Crippen molar-refractivity contribution in [2.24, 2.45) is 5.92 Å². The highest BCUT2D eigenvalue weighted by Crippen LogP contribution is 2.28. The highest BCUT2D eigenvalue weighted by Gasteiger charge is 2.25. The Morgan fingerprint density at radius 2 is 1.94 bits per heavy atom. The third-order valence-electron chi connectivity index (χ3n) is 7.02. The molecule has 0 unspecified atom stereocenters. The first-order valence-electron chi connectivity index (χ1n) is 11.5. The number of amides is 1. The first-order chi connectivity index (χ1) is 15.5. The Kier molecular flexibility index (Phi) is 5.73. The van der Waals surface area contributed by atoms with E-state index in [0.717, 1.165) is 67.4 Å². The fourth-order valence-electron chi connectivity index (χ4n) is 5.04. The van der Waals surface area contributed by atoms with Crippen LogP contribution in [0.25, 0.3) is 21.8 Å². The lowest BCUT2D eigenvalue weighted by atomic mass is 9.99. The highest BCUT2D eigenvalue weighted by molar-refractivity contribution is 6.07. The number of aromatic nitrogens is 3. The van der Waals surface area contributed by atoms with Gasteiger partial charge in [0.25, 0.3) is 11.5 Å². The first kappa shape index (κ1) is 21.2. The number of pyridine rings is 1. The Balaban J connectivity index is 1.55. The van der Waals surface area contributed by atoms with Crippen LogP contribution in [0.1, 0.15) is 41.6 Å². The van der Waals surface area contributed by atoms with Crippen LogP contribution in [-0.2, 0) is 16.0 Å². The summed E-state index contributed by atoms with van der Waals surface area (Å²) in [7, 11) is 1.73. The van der Waals surface area contributed by atoms with E-state index in [1.165, 1.54) is 0 Å². The molecule has 0 atom stereocenters. The van der Waals surface area contributed by atoms with Gasteiger partial charge in [0.05, 0.1) is 28.7 Å². The molecule has 0 radical (unpaired) electrons. The second kappa shape index (κ2) is 8.67. The fourth-order valence-corrected chi connectivity index (χ4v) is 5.04. The molecule has 0 saturated carbocycles. The van der Waals surface area contributed by atoms with E-state index in [-0.39, 0.29) is 17.6 Å². The maximum Gasteiger partial charge on any atom is 0.259 e. The normalized spacial score (nSPS) is 18.6. The van der Waals surface area contributed by atoms with Gasteiger partial charge in [0.2, 0.25) is 0 Å². The molecule has 32 heavy (non-hydrogen) atoms. The number of hydrogen-bond acceptors (Lipinski definition) is 5. The fraction of sp³-hybridized carbons (Fsp3) is 0.542. The van der Waals surface area contributed by atoms with E-state index in [0.29, 0.717) is 30.0 Å². The Labute approximate surface area is 186 Å². The Bertz CT molecular complexity index is 1200. The minimum Gasteiger partial charge on any atom is -0.381 e. The number of H-pyrrole nitrogens is 1. The molecule has 2 fully saturated rings. The lowest BCUT2D eigenvalue weighted by molar-refractivity contribution is 0.0350. The van der Waals surface area contributed by atoms with Gasteiger partial charge in [-0.15, -0.1) is 0 Å². The third-order valence-corrected chi connectivity index (χ3v) is 7.02. The predicted octanol–water partition coefficient (Wildman–Crippen LogP) is 2.86. The van der Waals surface area contributed by atoms with Crippen molar-refractivity contribution < 1.29 is 14.3 Å². The molecule has 4 heterocycles. The lowest BCUT2D eigenvalue weighted by Crippen LogP contribution is -2.40. The van der Waals surface area contributed by atoms with Gasteiger partial charge >= 0.3 is 0 Å². The molecule has 1 N–H and O–H groups in total. The number of nitrogens with one attached hydrogen (secondary N) is 1. The molecule has 170 valence electrons. The lowest BCUT2D eigenvalue weighted by Gasteiger charge is -2.31. The number of piperidine rings is 1. The zero-order valence-corrected chi connectivity index (χ0v) is 18.7. The molecule has 1 aromatic carbocycles. The second-order valence-corrected chi connectivity index (χ2v) is 9.04. The summed E-state index contributed by atoms with van der Waals surface area (Å²) in [6, 6.07) is 3.85. The molecule has 0 aliphatic carbocycles. The van der Waals surface area contributed by atoms with Crippen LogP contribution in [0.2, 0.25) is 0 Å². The van der Waals surface area contributed by atoms with Gasteiger partial charge in [0, 0.05) is 50.9 Å². The van der Waals surface area contributed by atoms with E-state index < -0.39 is 0 Å². The quantitative estimate of drug-likeness (QED) is 0.677. The minimum absolute atomic E-state index is 0.0359. The summed E-state index contributed by atoms with van der Waals surface area (Å²) in [5.41, 5.74) is 2.94. The minimum atomic E-state index is -0.147. The number of carbonyl (C=O) groups excluding carboxylic acids is 1. The summed E-state index contributed by atoms with van der Waals surface area (Å²) in [6.07, 6.45) is 5.55. The Hall–Kier alpha value is -2.71. The molecular formula is C24H30N4O4. The molecule has 2 aliphatic heterocycles. The number of carbonyl (C=O) groups is 1. The second-order valence-electron chi connectivity index (χ2n) is 9.04. The van der Waals surface area contributed by atoms with Gasteiger partial charge in [-0.1, -0.05) is 0 Å². The van der Waals surface area contributed by atoms with Gasteiger partial charge in [0.1, 0.15) is 0 Å². The molecule has 5 rings (SSSR count). The van der Waals surface area contributed by atoms with Crippen molar-refractivity contribution in [3.63, 3.8) is 0 Å². The summed E-state index contributed by atoms with van der Waals surface area (Å²) in [5, 5.41) is 5.98. The smallest absolute Gasteiger partial charge is 0.259 e. The van der Waals surface area contributed by atoms with Gasteiger partial charge in [-0.2, -0.15) is 5.10 Å². The first-order valence-corrected chi connectivity index (χ1v) is 11.5. The molecule has 1 amide bonds. The van der Waals surface area contributed by atoms with Crippen molar-refractivity contribution in [2.45, 2.75) is 45.3 Å². The topological polar surface area (TPSA) is 89.5 Å². The van der Waals surface area contributed by atoms with Crippen molar-refractivity contribution in [1.82, 2.24) is 19.7 Å². The molecule has 8 nitrogen and oxygen atoms in total. The number of aromatic amines is 1. The van der Waals surface area contributed by atoms with Crippen LogP contribution in [0.3, 0.4) is 0 Å². The molecule has 0 spiro atoms. The molecule has 0 bridgehead atoms. The number of nitrogens with zero attached hydrogens (tertiary/aromatic N) is 3. The molecule has 3 aromatic rings. The molecule has 2 aromatic heterocycles. The monoisotopic (exact) mass is 438 g/mol. The van der Waals surface area contributed by atoms with Gasteiger partial charge in [-0.25, -0.2) is 0 Å². The zero-order chi connectivity index (χ0) is 22.2. The summed E-state index contributed by atoms with van der Waals surface area (Å²) < 4.78 is 12.9. The van der Waals surface area contributed by atoms with E-state index >= 15 is 0 Å². The van der Waals surface area contributed by atoms with E-state index in [2.05, 4.69) is 10.1 Å². The summed E-state index contributed by atoms with van der Waals surface area (Å²) in [5.74, 6) is 0.503. The Morgan fingerprint density at radius 3 is 2.66 bits per heavy atom. The number of methoxy groups -OCH3 is 1. The SMILES string of the molecule is COC1CCN(C(=O)c2cc3c(cc2C)[nH]c(=O)c2cnn(CC4CCOCC4)c23)CC1. The highest BCUT2D eigenvalue weighted by atomic mass is 16.5. The van der Waals surface area contributed by atoms with Crippen molar-refractivity contribution in [3.8, 4) is 0 Å². The standard InChI is InChI=1S/C24H30N4O4/c1-15-11-21-19(12-18(15)24(30)27-7-3-17(31-2)4-8-27)22-20(23(29)26-21)13-25-28(22)14-16-5-9-32-10-6-16/h11-13,16-17H,3-10,14H2,1-2H3,(H,26,29). The largest absolute Gasteiger partial charge is 0.381 e. The van der Waals surface area contributed by atoms with Gasteiger partial charge < -0.3 is 19.4 Å². The average molecular weight is 439 g/mol. The van der Waals surface area contributed by atoms with Crippen molar-refractivity contribution in [1.29, 1.82) is 0 Å². The van der Waals surface area contributed by atoms with Crippen LogP contribution in [0, 0.1) is 12.8 Å². The van der Waals surface area contributed by atoms with Gasteiger partial charge in [-0.3, -0.25) is 14.3 Å². The summed E-state index contributed by atoms with van der Waals surface area (Å²) in [6.45, 7) is 5.59. The van der Waals surface area contributed by atoms with E-state index in [1.54, 1.807) is 13.3 Å². The maximum absolute atomic E-state index is 13.4. The number of likely N-dealkylation sites (tertiary alicyclic amines) is 1. The number of benzene rings is 1. The number of aryl methyl sites for hydroxylation is 1. The van der Waals surface area contributed by atoms with Crippen LogP contribution >= 0.6 is 0 Å². The van der Waals surface area contributed by atoms with Crippen molar-refractivity contribution in [2.75, 3.05) is 33.4 Å². The van der Waals surface area contributed by atoms with Crippen molar-refractivity contribution in [3.05, 3.63) is 39.8 Å². The summed E-state index contributed by atoms with van der Waals surface area (Å²) in [4.78, 5) is 31.0. The number of rotatable bonds is 4.